The monoisotopic (exact) mass is 338 g/mol. The first kappa shape index (κ1) is 16.5. The number of benzene rings is 2. The summed E-state index contributed by atoms with van der Waals surface area (Å²) in [5.41, 5.74) is 1.91. The van der Waals surface area contributed by atoms with Gasteiger partial charge in [0.05, 0.1) is 13.1 Å². The van der Waals surface area contributed by atoms with Gasteiger partial charge in [0.25, 0.3) is 5.91 Å². The molecule has 0 saturated carbocycles. The molecular weight excluding hydrogens is 323 g/mol. The summed E-state index contributed by atoms with van der Waals surface area (Å²) < 4.78 is 17.7. The van der Waals surface area contributed by atoms with Crippen molar-refractivity contribution in [3.63, 3.8) is 0 Å². The summed E-state index contributed by atoms with van der Waals surface area (Å²) >= 11 is 0. The predicted molar refractivity (Wildman–Crippen MR) is 90.7 cm³/mol. The molecule has 2 amide bonds. The maximum absolute atomic E-state index is 12.8. The number of carbonyl (C=O) groups is 2. The Morgan fingerprint density at radius 2 is 1.88 bits per heavy atom. The highest BCUT2D eigenvalue weighted by atomic mass is 19.1. The first-order valence-electron chi connectivity index (χ1n) is 7.70. The molecule has 1 fully saturated rings. The normalized spacial score (nSPS) is 13.0. The summed E-state index contributed by atoms with van der Waals surface area (Å²) in [7, 11) is 0. The number of rotatable bonds is 3. The van der Waals surface area contributed by atoms with Crippen molar-refractivity contribution in [2.75, 3.05) is 24.6 Å². The van der Waals surface area contributed by atoms with Crippen LogP contribution < -0.4 is 10.2 Å². The Kier molecular flexibility index (Phi) is 4.95. The summed E-state index contributed by atoms with van der Waals surface area (Å²) in [6, 6.07) is 12.5. The van der Waals surface area contributed by atoms with Gasteiger partial charge >= 0.3 is 6.09 Å². The van der Waals surface area contributed by atoms with Gasteiger partial charge in [0.15, 0.2) is 0 Å². The van der Waals surface area contributed by atoms with Gasteiger partial charge in [-0.2, -0.15) is 0 Å². The van der Waals surface area contributed by atoms with E-state index in [2.05, 4.69) is 17.2 Å². The maximum atomic E-state index is 12.8. The van der Waals surface area contributed by atoms with Crippen LogP contribution >= 0.6 is 0 Å². The van der Waals surface area contributed by atoms with E-state index in [1.54, 1.807) is 29.2 Å². The number of ether oxygens (including phenoxy) is 1. The largest absolute Gasteiger partial charge is 0.447 e. The number of halogens is 1. The molecule has 6 heteroatoms. The highest BCUT2D eigenvalue weighted by Gasteiger charge is 2.23. The Balaban J connectivity index is 1.54. The molecule has 2 aromatic carbocycles. The van der Waals surface area contributed by atoms with E-state index in [0.717, 1.165) is 11.3 Å². The molecule has 25 heavy (non-hydrogen) atoms. The van der Waals surface area contributed by atoms with Crippen molar-refractivity contribution in [1.82, 2.24) is 5.32 Å². The van der Waals surface area contributed by atoms with Crippen molar-refractivity contribution in [2.24, 2.45) is 0 Å². The molecule has 0 unspecified atom stereocenters. The van der Waals surface area contributed by atoms with E-state index in [9.17, 15) is 14.0 Å². The lowest BCUT2D eigenvalue weighted by Gasteiger charge is -2.11. The van der Waals surface area contributed by atoms with Gasteiger partial charge in [-0.05, 0) is 48.5 Å². The standard InChI is InChI=1S/C19H15FN2O3/c20-16-7-5-15(6-8-16)18(23)21-11-1-2-14-3-9-17(10-4-14)22-12-13-25-19(22)24/h3-10H,11-13H2,(H,21,23). The third-order valence-electron chi connectivity index (χ3n) is 3.62. The van der Waals surface area contributed by atoms with Gasteiger partial charge in [-0.3, -0.25) is 9.69 Å². The fourth-order valence-corrected chi connectivity index (χ4v) is 2.33. The molecule has 1 aliphatic heterocycles. The van der Waals surface area contributed by atoms with E-state index in [1.165, 1.54) is 24.3 Å². The second-order valence-corrected chi connectivity index (χ2v) is 5.30. The number of hydrogen-bond acceptors (Lipinski definition) is 3. The van der Waals surface area contributed by atoms with E-state index >= 15 is 0 Å². The Bertz CT molecular complexity index is 836. The minimum Gasteiger partial charge on any atom is -0.447 e. The van der Waals surface area contributed by atoms with Crippen molar-refractivity contribution in [1.29, 1.82) is 0 Å². The number of carbonyl (C=O) groups excluding carboxylic acids is 2. The molecule has 1 N–H and O–H groups in total. The third-order valence-corrected chi connectivity index (χ3v) is 3.62. The second-order valence-electron chi connectivity index (χ2n) is 5.30. The second kappa shape index (κ2) is 7.49. The van der Waals surface area contributed by atoms with Crippen LogP contribution in [0.25, 0.3) is 0 Å². The third kappa shape index (κ3) is 4.15. The molecule has 1 saturated heterocycles. The predicted octanol–water partition coefficient (Wildman–Crippen LogP) is 2.56. The van der Waals surface area contributed by atoms with E-state index < -0.39 is 0 Å². The van der Waals surface area contributed by atoms with Crippen LogP contribution in [-0.2, 0) is 4.74 Å². The summed E-state index contributed by atoms with van der Waals surface area (Å²) in [5.74, 6) is 5.09. The van der Waals surface area contributed by atoms with Crippen LogP contribution in [0.15, 0.2) is 48.5 Å². The van der Waals surface area contributed by atoms with Crippen molar-refractivity contribution in [3.05, 3.63) is 65.5 Å². The van der Waals surface area contributed by atoms with Gasteiger partial charge in [0.2, 0.25) is 0 Å². The zero-order valence-electron chi connectivity index (χ0n) is 13.3. The molecule has 2 aromatic rings. The van der Waals surface area contributed by atoms with E-state index in [-0.39, 0.29) is 24.4 Å². The molecule has 1 heterocycles. The molecule has 0 aromatic heterocycles. The van der Waals surface area contributed by atoms with Crippen molar-refractivity contribution >= 4 is 17.7 Å². The lowest BCUT2D eigenvalue weighted by Crippen LogP contribution is -2.23. The van der Waals surface area contributed by atoms with E-state index in [0.29, 0.717) is 18.7 Å². The Labute approximate surface area is 144 Å². The number of hydrogen-bond donors (Lipinski definition) is 1. The van der Waals surface area contributed by atoms with Crippen LogP contribution in [0, 0.1) is 17.7 Å². The van der Waals surface area contributed by atoms with Gasteiger partial charge in [-0.25, -0.2) is 9.18 Å². The fourth-order valence-electron chi connectivity index (χ4n) is 2.33. The zero-order chi connectivity index (χ0) is 17.6. The van der Waals surface area contributed by atoms with Gasteiger partial charge in [-0.1, -0.05) is 11.8 Å². The molecule has 0 atom stereocenters. The summed E-state index contributed by atoms with van der Waals surface area (Å²) in [6.07, 6.45) is -0.345. The SMILES string of the molecule is O=C(NCC#Cc1ccc(N2CCOC2=O)cc1)c1ccc(F)cc1. The minimum atomic E-state index is -0.387. The number of nitrogens with zero attached hydrogens (tertiary/aromatic N) is 1. The first-order chi connectivity index (χ1) is 12.1. The Hall–Kier alpha value is -3.33. The molecule has 0 bridgehead atoms. The minimum absolute atomic E-state index is 0.177. The fraction of sp³-hybridized carbons (Fsp3) is 0.158. The van der Waals surface area contributed by atoms with Crippen LogP contribution in [0.2, 0.25) is 0 Å². The molecule has 0 spiro atoms. The molecule has 1 aliphatic rings. The maximum Gasteiger partial charge on any atom is 0.414 e. The number of nitrogens with one attached hydrogen (secondary N) is 1. The van der Waals surface area contributed by atoms with Crippen molar-refractivity contribution in [3.8, 4) is 11.8 Å². The van der Waals surface area contributed by atoms with Crippen LogP contribution in [0.1, 0.15) is 15.9 Å². The van der Waals surface area contributed by atoms with Gasteiger partial charge in [0.1, 0.15) is 12.4 Å². The smallest absolute Gasteiger partial charge is 0.414 e. The first-order valence-corrected chi connectivity index (χ1v) is 7.70. The summed E-state index contributed by atoms with van der Waals surface area (Å²) in [4.78, 5) is 24.9. The van der Waals surface area contributed by atoms with Crippen molar-refractivity contribution < 1.29 is 18.7 Å². The summed E-state index contributed by atoms with van der Waals surface area (Å²) in [5, 5.41) is 2.65. The average Bonchev–Trinajstić information content (AvgIpc) is 3.06. The molecule has 5 nitrogen and oxygen atoms in total. The van der Waals surface area contributed by atoms with Crippen LogP contribution in [0.5, 0.6) is 0 Å². The van der Waals surface area contributed by atoms with E-state index in [4.69, 9.17) is 4.74 Å². The molecule has 3 rings (SSSR count). The van der Waals surface area contributed by atoms with E-state index in [1.807, 2.05) is 0 Å². The lowest BCUT2D eigenvalue weighted by atomic mass is 10.2. The Morgan fingerprint density at radius 1 is 1.16 bits per heavy atom. The van der Waals surface area contributed by atoms with Gasteiger partial charge < -0.3 is 10.1 Å². The van der Waals surface area contributed by atoms with Crippen LogP contribution in [0.3, 0.4) is 0 Å². The van der Waals surface area contributed by atoms with Crippen LogP contribution in [-0.4, -0.2) is 31.7 Å². The number of cyclic esters (lactones) is 1. The molecule has 0 aliphatic carbocycles. The lowest BCUT2D eigenvalue weighted by molar-refractivity contribution is 0.0958. The number of amides is 2. The summed E-state index contributed by atoms with van der Waals surface area (Å²) in [6.45, 7) is 1.11. The highest BCUT2D eigenvalue weighted by Crippen LogP contribution is 2.18. The average molecular weight is 338 g/mol. The number of anilines is 1. The van der Waals surface area contributed by atoms with Gasteiger partial charge in [-0.15, -0.1) is 0 Å². The highest BCUT2D eigenvalue weighted by molar-refractivity contribution is 5.94. The molecule has 0 radical (unpaired) electrons. The van der Waals surface area contributed by atoms with Crippen molar-refractivity contribution in [2.45, 2.75) is 0 Å². The topological polar surface area (TPSA) is 58.6 Å². The molecular formula is C19H15FN2O3. The Morgan fingerprint density at radius 3 is 2.52 bits per heavy atom. The van der Waals surface area contributed by atoms with Crippen LogP contribution in [0.4, 0.5) is 14.9 Å². The van der Waals surface area contributed by atoms with Gasteiger partial charge in [0, 0.05) is 16.8 Å². The quantitative estimate of drug-likeness (QED) is 0.875. The zero-order valence-corrected chi connectivity index (χ0v) is 13.3. The molecule has 126 valence electrons.